The predicted octanol–water partition coefficient (Wildman–Crippen LogP) is 1.56. The van der Waals surface area contributed by atoms with Crippen LogP contribution in [0.5, 0.6) is 0 Å². The van der Waals surface area contributed by atoms with E-state index < -0.39 is 5.97 Å². The zero-order chi connectivity index (χ0) is 12.4. The van der Waals surface area contributed by atoms with Crippen molar-refractivity contribution in [2.45, 2.75) is 25.5 Å². The Morgan fingerprint density at radius 1 is 1.59 bits per heavy atom. The molecule has 2 atom stereocenters. The number of rotatable bonds is 3. The Kier molecular flexibility index (Phi) is 3.19. The van der Waals surface area contributed by atoms with E-state index in [1.54, 1.807) is 12.1 Å². The summed E-state index contributed by atoms with van der Waals surface area (Å²) in [7, 11) is 0. The normalized spacial score (nSPS) is 23.6. The van der Waals surface area contributed by atoms with Crippen molar-refractivity contribution < 1.29 is 14.6 Å². The van der Waals surface area contributed by atoms with Crippen molar-refractivity contribution >= 4 is 17.3 Å². The molecule has 5 heteroatoms. The molecule has 2 unspecified atom stereocenters. The lowest BCUT2D eigenvalue weighted by molar-refractivity contribution is 0.0697. The highest BCUT2D eigenvalue weighted by atomic mass is 16.5. The van der Waals surface area contributed by atoms with E-state index in [0.29, 0.717) is 11.4 Å². The van der Waals surface area contributed by atoms with E-state index in [0.717, 1.165) is 13.0 Å². The van der Waals surface area contributed by atoms with E-state index in [4.69, 9.17) is 15.6 Å². The molecule has 1 aromatic carbocycles. The summed E-state index contributed by atoms with van der Waals surface area (Å²) in [6.45, 7) is 2.71. The summed E-state index contributed by atoms with van der Waals surface area (Å²) in [4.78, 5) is 10.9. The van der Waals surface area contributed by atoms with Gasteiger partial charge in [-0.25, -0.2) is 4.79 Å². The van der Waals surface area contributed by atoms with Gasteiger partial charge in [-0.15, -0.1) is 0 Å². The lowest BCUT2D eigenvalue weighted by Gasteiger charge is -2.19. The molecule has 1 fully saturated rings. The Morgan fingerprint density at radius 2 is 2.35 bits per heavy atom. The van der Waals surface area contributed by atoms with Gasteiger partial charge in [0.25, 0.3) is 0 Å². The quantitative estimate of drug-likeness (QED) is 0.693. The number of carboxylic acids is 1. The molecule has 0 spiro atoms. The van der Waals surface area contributed by atoms with Crippen LogP contribution in [0.2, 0.25) is 0 Å². The Bertz CT molecular complexity index is 434. The van der Waals surface area contributed by atoms with Crippen molar-refractivity contribution in [2.75, 3.05) is 17.7 Å². The predicted molar refractivity (Wildman–Crippen MR) is 65.3 cm³/mol. The van der Waals surface area contributed by atoms with E-state index in [1.807, 2.05) is 6.92 Å². The first-order valence-electron chi connectivity index (χ1n) is 5.59. The first-order valence-corrected chi connectivity index (χ1v) is 5.59. The average Bonchev–Trinajstić information content (AvgIpc) is 2.67. The van der Waals surface area contributed by atoms with E-state index in [2.05, 4.69) is 5.32 Å². The number of hydrogen-bond acceptors (Lipinski definition) is 4. The summed E-state index contributed by atoms with van der Waals surface area (Å²) in [6, 6.07) is 4.84. The van der Waals surface area contributed by atoms with Gasteiger partial charge in [-0.1, -0.05) is 0 Å². The van der Waals surface area contributed by atoms with E-state index in [-0.39, 0.29) is 17.7 Å². The zero-order valence-electron chi connectivity index (χ0n) is 9.64. The maximum Gasteiger partial charge on any atom is 0.335 e. The van der Waals surface area contributed by atoms with Crippen LogP contribution in [-0.2, 0) is 4.74 Å². The number of benzene rings is 1. The lowest BCUT2D eigenvalue weighted by atomic mass is 10.1. The van der Waals surface area contributed by atoms with Gasteiger partial charge in [0.2, 0.25) is 0 Å². The van der Waals surface area contributed by atoms with Crippen LogP contribution >= 0.6 is 0 Å². The largest absolute Gasteiger partial charge is 0.478 e. The molecule has 0 bridgehead atoms. The topological polar surface area (TPSA) is 84.6 Å². The van der Waals surface area contributed by atoms with Crippen molar-refractivity contribution in [3.8, 4) is 0 Å². The van der Waals surface area contributed by atoms with Crippen LogP contribution < -0.4 is 11.1 Å². The molecule has 5 nitrogen and oxygen atoms in total. The minimum absolute atomic E-state index is 0.114. The third-order valence-electron chi connectivity index (χ3n) is 3.02. The summed E-state index contributed by atoms with van der Waals surface area (Å²) in [5.74, 6) is -0.955. The summed E-state index contributed by atoms with van der Waals surface area (Å²) in [5, 5.41) is 12.2. The lowest BCUT2D eigenvalue weighted by Crippen LogP contribution is -2.27. The van der Waals surface area contributed by atoms with Crippen molar-refractivity contribution in [3.05, 3.63) is 23.8 Å². The standard InChI is InChI=1S/C12H16N2O3/c1-7-10(4-5-17-7)14-11-6-8(12(15)16)2-3-9(11)13/h2-3,6-7,10,14H,4-5,13H2,1H3,(H,15,16). The molecule has 4 N–H and O–H groups in total. The van der Waals surface area contributed by atoms with Crippen molar-refractivity contribution in [3.63, 3.8) is 0 Å². The number of ether oxygens (including phenoxy) is 1. The first-order chi connectivity index (χ1) is 8.08. The van der Waals surface area contributed by atoms with Gasteiger partial charge >= 0.3 is 5.97 Å². The van der Waals surface area contributed by atoms with Crippen LogP contribution in [0.3, 0.4) is 0 Å². The van der Waals surface area contributed by atoms with Gasteiger partial charge in [-0.05, 0) is 31.5 Å². The van der Waals surface area contributed by atoms with Gasteiger partial charge < -0.3 is 20.9 Å². The van der Waals surface area contributed by atoms with E-state index >= 15 is 0 Å². The van der Waals surface area contributed by atoms with Crippen LogP contribution in [0.15, 0.2) is 18.2 Å². The molecule has 0 aliphatic carbocycles. The molecule has 92 valence electrons. The first kappa shape index (κ1) is 11.7. The number of nitrogens with one attached hydrogen (secondary N) is 1. The zero-order valence-corrected chi connectivity index (χ0v) is 9.64. The number of carboxylic acid groups (broad SMARTS) is 1. The maximum atomic E-state index is 10.9. The van der Waals surface area contributed by atoms with Crippen LogP contribution in [0.4, 0.5) is 11.4 Å². The van der Waals surface area contributed by atoms with Crippen molar-refractivity contribution in [1.29, 1.82) is 0 Å². The van der Waals surface area contributed by atoms with Crippen molar-refractivity contribution in [1.82, 2.24) is 0 Å². The van der Waals surface area contributed by atoms with Gasteiger partial charge in [-0.2, -0.15) is 0 Å². The van der Waals surface area contributed by atoms with Gasteiger partial charge in [0, 0.05) is 6.61 Å². The van der Waals surface area contributed by atoms with Crippen molar-refractivity contribution in [2.24, 2.45) is 0 Å². The molecule has 2 rings (SSSR count). The molecule has 1 heterocycles. The third kappa shape index (κ3) is 2.50. The second-order valence-corrected chi connectivity index (χ2v) is 4.22. The molecule has 0 saturated carbocycles. The minimum Gasteiger partial charge on any atom is -0.478 e. The number of nitrogen functional groups attached to an aromatic ring is 1. The number of hydrogen-bond donors (Lipinski definition) is 3. The molecule has 0 radical (unpaired) electrons. The summed E-state index contributed by atoms with van der Waals surface area (Å²) < 4.78 is 5.44. The molecule has 17 heavy (non-hydrogen) atoms. The Morgan fingerprint density at radius 3 is 2.94 bits per heavy atom. The maximum absolute atomic E-state index is 10.9. The third-order valence-corrected chi connectivity index (χ3v) is 3.02. The Hall–Kier alpha value is -1.75. The van der Waals surface area contributed by atoms with E-state index in [1.165, 1.54) is 6.07 Å². The molecule has 1 aliphatic heterocycles. The van der Waals surface area contributed by atoms with E-state index in [9.17, 15) is 4.79 Å². The fourth-order valence-corrected chi connectivity index (χ4v) is 1.94. The highest BCUT2D eigenvalue weighted by Gasteiger charge is 2.24. The minimum atomic E-state index is -0.955. The molecule has 1 saturated heterocycles. The SMILES string of the molecule is CC1OCCC1Nc1cc(C(=O)O)ccc1N. The number of anilines is 2. The summed E-state index contributed by atoms with van der Waals surface area (Å²) in [5.41, 5.74) is 7.26. The van der Waals surface area contributed by atoms with Crippen LogP contribution in [0.25, 0.3) is 0 Å². The van der Waals surface area contributed by atoms with Gasteiger partial charge in [0.15, 0.2) is 0 Å². The molecular formula is C12H16N2O3. The highest BCUT2D eigenvalue weighted by Crippen LogP contribution is 2.24. The van der Waals surface area contributed by atoms with Gasteiger partial charge in [0.1, 0.15) is 0 Å². The summed E-state index contributed by atoms with van der Waals surface area (Å²) >= 11 is 0. The molecular weight excluding hydrogens is 220 g/mol. The highest BCUT2D eigenvalue weighted by molar-refractivity contribution is 5.90. The molecule has 0 aromatic heterocycles. The fourth-order valence-electron chi connectivity index (χ4n) is 1.94. The fraction of sp³-hybridized carbons (Fsp3) is 0.417. The van der Waals surface area contributed by atoms with Crippen LogP contribution in [0, 0.1) is 0 Å². The number of nitrogens with two attached hydrogens (primary N) is 1. The monoisotopic (exact) mass is 236 g/mol. The molecule has 1 aromatic rings. The second-order valence-electron chi connectivity index (χ2n) is 4.22. The molecule has 0 amide bonds. The Balaban J connectivity index is 2.19. The van der Waals surface area contributed by atoms with Gasteiger partial charge in [-0.3, -0.25) is 0 Å². The number of aromatic carboxylic acids is 1. The second kappa shape index (κ2) is 4.63. The summed E-state index contributed by atoms with van der Waals surface area (Å²) in [6.07, 6.45) is 1.01. The van der Waals surface area contributed by atoms with Crippen LogP contribution in [0.1, 0.15) is 23.7 Å². The van der Waals surface area contributed by atoms with Gasteiger partial charge in [0.05, 0.1) is 29.1 Å². The Labute approximate surface area is 99.6 Å². The molecule has 1 aliphatic rings. The smallest absolute Gasteiger partial charge is 0.335 e. The average molecular weight is 236 g/mol. The van der Waals surface area contributed by atoms with Crippen LogP contribution in [-0.4, -0.2) is 29.8 Å². The number of carbonyl (C=O) groups is 1.